The number of rotatable bonds is 5. The van der Waals surface area contributed by atoms with E-state index >= 15 is 0 Å². The number of carbonyl (C=O) groups excluding carboxylic acids is 1. The maximum Gasteiger partial charge on any atom is 0.223 e. The summed E-state index contributed by atoms with van der Waals surface area (Å²) in [5, 5.41) is 3.05. The highest BCUT2D eigenvalue weighted by Gasteiger charge is 2.23. The van der Waals surface area contributed by atoms with Crippen LogP contribution in [0.5, 0.6) is 0 Å². The first-order chi connectivity index (χ1) is 7.63. The normalized spacial score (nSPS) is 18.6. The lowest BCUT2D eigenvalue weighted by Crippen LogP contribution is -2.44. The molecular formula is C12H25ClN2O2. The van der Waals surface area contributed by atoms with Crippen molar-refractivity contribution in [2.24, 2.45) is 17.6 Å². The average Bonchev–Trinajstić information content (AvgIpc) is 2.28. The third-order valence-electron chi connectivity index (χ3n) is 2.98. The van der Waals surface area contributed by atoms with Crippen LogP contribution in [0.3, 0.4) is 0 Å². The molecule has 0 aromatic carbocycles. The van der Waals surface area contributed by atoms with E-state index in [2.05, 4.69) is 19.2 Å². The minimum absolute atomic E-state index is 0. The predicted molar refractivity (Wildman–Crippen MR) is 71.2 cm³/mol. The molecule has 3 N–H and O–H groups in total. The Balaban J connectivity index is 0.00000256. The molecule has 0 radical (unpaired) electrons. The van der Waals surface area contributed by atoms with Gasteiger partial charge in [0.15, 0.2) is 0 Å². The second-order valence-corrected chi connectivity index (χ2v) is 4.96. The molecule has 0 saturated carbocycles. The van der Waals surface area contributed by atoms with Gasteiger partial charge in [-0.15, -0.1) is 12.4 Å². The lowest BCUT2D eigenvalue weighted by molar-refractivity contribution is -0.128. The molecule has 1 fully saturated rings. The third kappa shape index (κ3) is 6.24. The summed E-state index contributed by atoms with van der Waals surface area (Å²) in [6.45, 7) is 6.21. The Morgan fingerprint density at radius 1 is 1.41 bits per heavy atom. The van der Waals surface area contributed by atoms with Crippen LogP contribution in [-0.4, -0.2) is 31.7 Å². The Hall–Kier alpha value is -0.320. The minimum atomic E-state index is 0. The second-order valence-electron chi connectivity index (χ2n) is 4.96. The van der Waals surface area contributed by atoms with Gasteiger partial charge >= 0.3 is 0 Å². The van der Waals surface area contributed by atoms with Crippen molar-refractivity contribution in [3.63, 3.8) is 0 Å². The van der Waals surface area contributed by atoms with Crippen molar-refractivity contribution in [3.05, 3.63) is 0 Å². The van der Waals surface area contributed by atoms with Gasteiger partial charge in [0.2, 0.25) is 5.91 Å². The van der Waals surface area contributed by atoms with Gasteiger partial charge in [0.05, 0.1) is 0 Å². The molecule has 5 heteroatoms. The molecule has 4 nitrogen and oxygen atoms in total. The first-order valence-electron chi connectivity index (χ1n) is 6.21. The van der Waals surface area contributed by atoms with Gasteiger partial charge in [0.25, 0.3) is 0 Å². The molecule has 1 heterocycles. The molecule has 1 rings (SSSR count). The predicted octanol–water partition coefficient (Wildman–Crippen LogP) is 1.32. The van der Waals surface area contributed by atoms with Crippen LogP contribution in [0, 0.1) is 11.8 Å². The van der Waals surface area contributed by atoms with E-state index in [-0.39, 0.29) is 30.3 Å². The highest BCUT2D eigenvalue weighted by atomic mass is 35.5. The Morgan fingerprint density at radius 3 is 2.47 bits per heavy atom. The number of ether oxygens (including phenoxy) is 1. The molecular weight excluding hydrogens is 240 g/mol. The number of hydrogen-bond acceptors (Lipinski definition) is 3. The molecule has 0 aromatic rings. The van der Waals surface area contributed by atoms with E-state index in [4.69, 9.17) is 10.5 Å². The van der Waals surface area contributed by atoms with Gasteiger partial charge in [-0.3, -0.25) is 4.79 Å². The fraction of sp³-hybridized carbons (Fsp3) is 0.917. The molecule has 0 spiro atoms. The molecule has 17 heavy (non-hydrogen) atoms. The van der Waals surface area contributed by atoms with Gasteiger partial charge in [-0.25, -0.2) is 0 Å². The summed E-state index contributed by atoms with van der Waals surface area (Å²) in [7, 11) is 0. The van der Waals surface area contributed by atoms with Gasteiger partial charge in [0.1, 0.15) is 0 Å². The number of hydrogen-bond donors (Lipinski definition) is 2. The lowest BCUT2D eigenvalue weighted by Gasteiger charge is -2.25. The molecule has 0 aliphatic carbocycles. The Morgan fingerprint density at radius 2 is 2.00 bits per heavy atom. The van der Waals surface area contributed by atoms with Crippen molar-refractivity contribution >= 4 is 18.3 Å². The van der Waals surface area contributed by atoms with E-state index < -0.39 is 0 Å². The summed E-state index contributed by atoms with van der Waals surface area (Å²) in [5.74, 6) is 0.831. The molecule has 1 atom stereocenters. The smallest absolute Gasteiger partial charge is 0.223 e. The van der Waals surface area contributed by atoms with Crippen LogP contribution >= 0.6 is 12.4 Å². The first kappa shape index (κ1) is 16.7. The minimum Gasteiger partial charge on any atom is -0.381 e. The standard InChI is InChI=1S/C12H24N2O2.ClH/c1-9(2)7-11(8-13)14-12(15)10-3-5-16-6-4-10;/h9-11H,3-8,13H2,1-2H3,(H,14,15);1H. The number of nitrogens with one attached hydrogen (secondary N) is 1. The van der Waals surface area contributed by atoms with Crippen molar-refractivity contribution in [2.75, 3.05) is 19.8 Å². The van der Waals surface area contributed by atoms with E-state index in [1.807, 2.05) is 0 Å². The monoisotopic (exact) mass is 264 g/mol. The van der Waals surface area contributed by atoms with Crippen molar-refractivity contribution in [3.8, 4) is 0 Å². The Labute approximate surface area is 110 Å². The Kier molecular flexibility index (Phi) is 8.56. The maximum absolute atomic E-state index is 11.9. The van der Waals surface area contributed by atoms with Crippen LogP contribution in [-0.2, 0) is 9.53 Å². The van der Waals surface area contributed by atoms with Gasteiger partial charge in [-0.1, -0.05) is 13.8 Å². The molecule has 1 amide bonds. The quantitative estimate of drug-likeness (QED) is 0.787. The molecule has 102 valence electrons. The zero-order valence-corrected chi connectivity index (χ0v) is 11.6. The van der Waals surface area contributed by atoms with E-state index in [0.29, 0.717) is 25.7 Å². The van der Waals surface area contributed by atoms with Crippen LogP contribution in [0.25, 0.3) is 0 Å². The summed E-state index contributed by atoms with van der Waals surface area (Å²) in [6.07, 6.45) is 2.63. The van der Waals surface area contributed by atoms with Gasteiger partial charge in [-0.2, -0.15) is 0 Å². The Bertz CT molecular complexity index is 219. The number of amides is 1. The fourth-order valence-electron chi connectivity index (χ4n) is 2.06. The van der Waals surface area contributed by atoms with E-state index in [9.17, 15) is 4.79 Å². The van der Waals surface area contributed by atoms with E-state index in [1.165, 1.54) is 0 Å². The molecule has 0 aromatic heterocycles. The lowest BCUT2D eigenvalue weighted by atomic mass is 9.97. The number of nitrogens with two attached hydrogens (primary N) is 1. The van der Waals surface area contributed by atoms with Crippen molar-refractivity contribution in [2.45, 2.75) is 39.2 Å². The van der Waals surface area contributed by atoms with Crippen LogP contribution in [0.15, 0.2) is 0 Å². The zero-order chi connectivity index (χ0) is 12.0. The van der Waals surface area contributed by atoms with Crippen molar-refractivity contribution < 1.29 is 9.53 Å². The van der Waals surface area contributed by atoms with Gasteiger partial charge in [0, 0.05) is 31.7 Å². The number of halogens is 1. The first-order valence-corrected chi connectivity index (χ1v) is 6.21. The van der Waals surface area contributed by atoms with E-state index in [1.54, 1.807) is 0 Å². The third-order valence-corrected chi connectivity index (χ3v) is 2.98. The highest BCUT2D eigenvalue weighted by Crippen LogP contribution is 2.15. The van der Waals surface area contributed by atoms with Gasteiger partial charge in [-0.05, 0) is 25.2 Å². The van der Waals surface area contributed by atoms with Crippen LogP contribution in [0.4, 0.5) is 0 Å². The van der Waals surface area contributed by atoms with Crippen LogP contribution < -0.4 is 11.1 Å². The fourth-order valence-corrected chi connectivity index (χ4v) is 2.06. The SMILES string of the molecule is CC(C)CC(CN)NC(=O)C1CCOCC1.Cl. The number of carbonyl (C=O) groups is 1. The summed E-state index contributed by atoms with van der Waals surface area (Å²) < 4.78 is 5.24. The molecule has 1 unspecified atom stereocenters. The summed E-state index contributed by atoms with van der Waals surface area (Å²) in [4.78, 5) is 11.9. The average molecular weight is 265 g/mol. The summed E-state index contributed by atoms with van der Waals surface area (Å²) in [6, 6.07) is 0.121. The largest absolute Gasteiger partial charge is 0.381 e. The molecule has 1 aliphatic rings. The molecule has 1 aliphatic heterocycles. The van der Waals surface area contributed by atoms with Crippen LogP contribution in [0.2, 0.25) is 0 Å². The van der Waals surface area contributed by atoms with Crippen molar-refractivity contribution in [1.82, 2.24) is 5.32 Å². The summed E-state index contributed by atoms with van der Waals surface area (Å²) in [5.41, 5.74) is 5.66. The zero-order valence-electron chi connectivity index (χ0n) is 10.8. The summed E-state index contributed by atoms with van der Waals surface area (Å²) >= 11 is 0. The highest BCUT2D eigenvalue weighted by molar-refractivity contribution is 5.85. The second kappa shape index (κ2) is 8.72. The van der Waals surface area contributed by atoms with Gasteiger partial charge < -0.3 is 15.8 Å². The topological polar surface area (TPSA) is 64.3 Å². The van der Waals surface area contributed by atoms with Crippen LogP contribution in [0.1, 0.15) is 33.1 Å². The molecule has 1 saturated heterocycles. The van der Waals surface area contributed by atoms with E-state index in [0.717, 1.165) is 19.3 Å². The maximum atomic E-state index is 11.9. The van der Waals surface area contributed by atoms with Crippen molar-refractivity contribution in [1.29, 1.82) is 0 Å². The molecule has 0 bridgehead atoms.